The number of methoxy groups -OCH3 is 1. The number of rotatable bonds is 9. The smallest absolute Gasteiger partial charge is 0.410 e. The fraction of sp³-hybridized carbons (Fsp3) is 0.556. The van der Waals surface area contributed by atoms with Crippen molar-refractivity contribution in [2.45, 2.75) is 69.4 Å². The van der Waals surface area contributed by atoms with Gasteiger partial charge >= 0.3 is 12.2 Å². The molecular formula is C27H30F6N6O4. The van der Waals surface area contributed by atoms with Crippen LogP contribution in [0, 0.1) is 11.7 Å². The van der Waals surface area contributed by atoms with Gasteiger partial charge in [-0.2, -0.15) is 18.3 Å². The molecule has 16 heteroatoms. The summed E-state index contributed by atoms with van der Waals surface area (Å²) in [5.74, 6) is -4.94. The summed E-state index contributed by atoms with van der Waals surface area (Å²) in [6.07, 6.45) is -3.99. The third-order valence-electron chi connectivity index (χ3n) is 7.94. The summed E-state index contributed by atoms with van der Waals surface area (Å²) in [7, 11) is 1.29. The summed E-state index contributed by atoms with van der Waals surface area (Å²) >= 11 is 0. The molecule has 3 atom stereocenters. The number of benzene rings is 1. The van der Waals surface area contributed by atoms with Crippen molar-refractivity contribution in [3.05, 3.63) is 47.4 Å². The molecule has 2 aliphatic rings. The molecule has 2 N–H and O–H groups in total. The molecule has 1 aliphatic carbocycles. The van der Waals surface area contributed by atoms with Crippen LogP contribution in [0.4, 0.5) is 31.1 Å². The molecule has 1 aliphatic heterocycles. The fourth-order valence-corrected chi connectivity index (χ4v) is 5.66. The lowest BCUT2D eigenvalue weighted by atomic mass is 9.82. The van der Waals surface area contributed by atoms with Crippen LogP contribution in [0.2, 0.25) is 0 Å². The third-order valence-corrected chi connectivity index (χ3v) is 7.94. The SMILES string of the molecule is CCn1nccc1C(=O)N[C@H](c1nc2cc([C@@H](COC)N3C[C@@H](C(F)(F)F)NC3=O)cc(F)c2o1)C1CCC(F)(F)CC1. The zero-order valence-corrected chi connectivity index (χ0v) is 23.3. The quantitative estimate of drug-likeness (QED) is 0.323. The number of ether oxygens (including phenoxy) is 1. The predicted octanol–water partition coefficient (Wildman–Crippen LogP) is 5.12. The average molecular weight is 617 g/mol. The van der Waals surface area contributed by atoms with Gasteiger partial charge in [-0.15, -0.1) is 0 Å². The summed E-state index contributed by atoms with van der Waals surface area (Å²) in [6, 6.07) is -1.31. The van der Waals surface area contributed by atoms with Gasteiger partial charge in [0.25, 0.3) is 5.91 Å². The van der Waals surface area contributed by atoms with Crippen LogP contribution in [0.1, 0.15) is 66.6 Å². The molecule has 10 nitrogen and oxygen atoms in total. The highest BCUT2D eigenvalue weighted by Crippen LogP contribution is 2.42. The van der Waals surface area contributed by atoms with Crippen molar-refractivity contribution in [1.82, 2.24) is 30.3 Å². The van der Waals surface area contributed by atoms with E-state index >= 15 is 4.39 Å². The maximum atomic E-state index is 15.4. The lowest BCUT2D eigenvalue weighted by Gasteiger charge is -2.32. The summed E-state index contributed by atoms with van der Waals surface area (Å²) < 4.78 is 95.6. The largest absolute Gasteiger partial charge is 0.435 e. The van der Waals surface area contributed by atoms with Crippen LogP contribution < -0.4 is 10.6 Å². The lowest BCUT2D eigenvalue weighted by Crippen LogP contribution is -2.40. The van der Waals surface area contributed by atoms with Crippen LogP contribution in [0.5, 0.6) is 0 Å². The van der Waals surface area contributed by atoms with E-state index in [1.807, 2.05) is 5.32 Å². The molecule has 0 radical (unpaired) electrons. The Morgan fingerprint density at radius 1 is 1.28 bits per heavy atom. The molecule has 1 saturated heterocycles. The lowest BCUT2D eigenvalue weighted by molar-refractivity contribution is -0.150. The minimum absolute atomic E-state index is 0.0305. The Bertz CT molecular complexity index is 1480. The number of alkyl halides is 5. The van der Waals surface area contributed by atoms with Gasteiger partial charge in [-0.05, 0) is 49.4 Å². The molecule has 0 unspecified atom stereocenters. The van der Waals surface area contributed by atoms with Crippen LogP contribution in [-0.4, -0.2) is 70.0 Å². The molecule has 2 aromatic heterocycles. The Balaban J connectivity index is 1.49. The summed E-state index contributed by atoms with van der Waals surface area (Å²) in [5, 5.41) is 8.76. The van der Waals surface area contributed by atoms with E-state index < -0.39 is 73.3 Å². The summed E-state index contributed by atoms with van der Waals surface area (Å²) in [5.41, 5.74) is 0.00102. The molecule has 0 spiro atoms. The Morgan fingerprint density at radius 2 is 2.00 bits per heavy atom. The van der Waals surface area contributed by atoms with Gasteiger partial charge in [-0.3, -0.25) is 9.48 Å². The van der Waals surface area contributed by atoms with E-state index in [9.17, 15) is 31.5 Å². The second-order valence-electron chi connectivity index (χ2n) is 10.7. The zero-order valence-electron chi connectivity index (χ0n) is 23.3. The molecule has 0 bridgehead atoms. The number of aryl methyl sites for hydroxylation is 1. The molecule has 3 amide bonds. The van der Waals surface area contributed by atoms with Crippen molar-refractivity contribution in [2.24, 2.45) is 5.92 Å². The number of carbonyl (C=O) groups is 2. The van der Waals surface area contributed by atoms with Crippen molar-refractivity contribution >= 4 is 23.0 Å². The van der Waals surface area contributed by atoms with Crippen LogP contribution in [0.25, 0.3) is 11.1 Å². The second kappa shape index (κ2) is 11.7. The predicted molar refractivity (Wildman–Crippen MR) is 139 cm³/mol. The van der Waals surface area contributed by atoms with Crippen molar-refractivity contribution in [1.29, 1.82) is 0 Å². The molecule has 43 heavy (non-hydrogen) atoms. The van der Waals surface area contributed by atoms with Gasteiger partial charge in [0, 0.05) is 32.7 Å². The monoisotopic (exact) mass is 616 g/mol. The average Bonchev–Trinajstić information content (AvgIpc) is 3.68. The maximum absolute atomic E-state index is 15.4. The molecule has 1 saturated carbocycles. The number of hydrogen-bond acceptors (Lipinski definition) is 6. The number of oxazole rings is 1. The van der Waals surface area contributed by atoms with E-state index in [2.05, 4.69) is 15.4 Å². The Morgan fingerprint density at radius 3 is 2.63 bits per heavy atom. The standard InChI is InChI=1S/C27H30F6N6O4/c1-3-39-18(6-9-34-39)23(40)37-21(14-4-7-26(29,30)8-5-14)24-35-17-11-15(10-16(28)22(17)43-24)19(13-42-2)38-12-20(27(31,32)33)36-25(38)41/h6,9-11,14,19-21H,3-5,7-8,12-13H2,1-2H3,(H,36,41)(H,37,40)/t19-,20+,21+/m1/s1. The highest BCUT2D eigenvalue weighted by molar-refractivity contribution is 5.92. The number of nitrogens with zero attached hydrogens (tertiary/aromatic N) is 4. The summed E-state index contributed by atoms with van der Waals surface area (Å²) in [6.45, 7) is 1.23. The van der Waals surface area contributed by atoms with Gasteiger partial charge in [0.1, 0.15) is 23.3 Å². The number of urea groups is 1. The molecule has 5 rings (SSSR count). The first kappa shape index (κ1) is 30.6. The first-order valence-electron chi connectivity index (χ1n) is 13.7. The van der Waals surface area contributed by atoms with E-state index in [1.54, 1.807) is 6.92 Å². The highest BCUT2D eigenvalue weighted by Gasteiger charge is 2.49. The van der Waals surface area contributed by atoms with Crippen molar-refractivity contribution in [3.63, 3.8) is 0 Å². The highest BCUT2D eigenvalue weighted by atomic mass is 19.4. The van der Waals surface area contributed by atoms with Crippen molar-refractivity contribution in [3.8, 4) is 0 Å². The van der Waals surface area contributed by atoms with Gasteiger partial charge in [0.05, 0.1) is 19.2 Å². The van der Waals surface area contributed by atoms with E-state index in [4.69, 9.17) is 9.15 Å². The van der Waals surface area contributed by atoms with Crippen LogP contribution in [0.15, 0.2) is 28.8 Å². The molecule has 1 aromatic carbocycles. The third kappa shape index (κ3) is 6.28. The number of halogens is 6. The Labute approximate surface area is 241 Å². The Kier molecular flexibility index (Phi) is 8.33. The van der Waals surface area contributed by atoms with Gasteiger partial charge in [0.15, 0.2) is 11.4 Å². The molecule has 3 aromatic rings. The number of amides is 3. The van der Waals surface area contributed by atoms with Crippen molar-refractivity contribution < 1.29 is 45.1 Å². The molecular weight excluding hydrogens is 586 g/mol. The second-order valence-corrected chi connectivity index (χ2v) is 10.7. The van der Waals surface area contributed by atoms with Crippen LogP contribution in [0.3, 0.4) is 0 Å². The van der Waals surface area contributed by atoms with E-state index in [0.717, 1.165) is 11.0 Å². The van der Waals surface area contributed by atoms with Gasteiger partial charge in [-0.1, -0.05) is 0 Å². The minimum atomic E-state index is -4.68. The first-order valence-corrected chi connectivity index (χ1v) is 13.7. The van der Waals surface area contributed by atoms with E-state index in [0.29, 0.717) is 6.54 Å². The van der Waals surface area contributed by atoms with Crippen LogP contribution in [-0.2, 0) is 11.3 Å². The zero-order chi connectivity index (χ0) is 31.1. The number of aromatic nitrogens is 3. The minimum Gasteiger partial charge on any atom is -0.435 e. The van der Waals surface area contributed by atoms with Gasteiger partial charge in [-0.25, -0.2) is 22.9 Å². The van der Waals surface area contributed by atoms with E-state index in [-0.39, 0.29) is 47.7 Å². The summed E-state index contributed by atoms with van der Waals surface area (Å²) in [4.78, 5) is 31.0. The Hall–Kier alpha value is -3.82. The topological polar surface area (TPSA) is 115 Å². The number of nitrogens with one attached hydrogen (secondary N) is 2. The molecule has 2 fully saturated rings. The van der Waals surface area contributed by atoms with Gasteiger partial charge < -0.3 is 24.7 Å². The molecule has 3 heterocycles. The van der Waals surface area contributed by atoms with Crippen LogP contribution >= 0.6 is 0 Å². The fourth-order valence-electron chi connectivity index (χ4n) is 5.66. The van der Waals surface area contributed by atoms with Crippen molar-refractivity contribution in [2.75, 3.05) is 20.3 Å². The maximum Gasteiger partial charge on any atom is 0.410 e. The van der Waals surface area contributed by atoms with E-state index in [1.165, 1.54) is 30.1 Å². The number of hydrogen-bond donors (Lipinski definition) is 2. The first-order chi connectivity index (χ1) is 20.3. The number of fused-ring (bicyclic) bond motifs is 1. The van der Waals surface area contributed by atoms with Gasteiger partial charge in [0.2, 0.25) is 11.8 Å². The number of carbonyl (C=O) groups excluding carboxylic acids is 2. The molecule has 234 valence electrons. The normalized spacial score (nSPS) is 20.8.